The molecule has 1 atom stereocenters. The quantitative estimate of drug-likeness (QED) is 0.460. The van der Waals surface area contributed by atoms with E-state index in [9.17, 15) is 4.21 Å². The van der Waals surface area contributed by atoms with Crippen LogP contribution in [0.15, 0.2) is 47.5 Å². The molecule has 0 heterocycles. The second kappa shape index (κ2) is 9.41. The number of benzene rings is 1. The number of rotatable bonds is 7. The molecule has 0 radical (unpaired) electrons. The van der Waals surface area contributed by atoms with Crippen LogP contribution in [0, 0.1) is 0 Å². The van der Waals surface area contributed by atoms with E-state index in [2.05, 4.69) is 34.7 Å². The monoisotopic (exact) mass is 319 g/mol. The molecule has 0 amide bonds. The van der Waals surface area contributed by atoms with E-state index in [4.69, 9.17) is 0 Å². The van der Waals surface area contributed by atoms with Crippen molar-refractivity contribution in [3.8, 4) is 0 Å². The fourth-order valence-corrected chi connectivity index (χ4v) is 3.34. The highest BCUT2D eigenvalue weighted by Crippen LogP contribution is 2.08. The smallest absolute Gasteiger partial charge is 0.191 e. The maximum absolute atomic E-state index is 12.1. The first-order chi connectivity index (χ1) is 10.8. The Hall–Kier alpha value is -1.62. The van der Waals surface area contributed by atoms with Crippen LogP contribution in [0.5, 0.6) is 0 Å². The lowest BCUT2D eigenvalue weighted by Crippen LogP contribution is -2.42. The molecule has 0 aromatic heterocycles. The van der Waals surface area contributed by atoms with Crippen molar-refractivity contribution in [1.82, 2.24) is 10.6 Å². The molecule has 0 saturated carbocycles. The summed E-state index contributed by atoms with van der Waals surface area (Å²) in [6.07, 6.45) is 6.47. The summed E-state index contributed by atoms with van der Waals surface area (Å²) in [5.41, 5.74) is 1.12. The lowest BCUT2D eigenvalue weighted by molar-refractivity contribution is 0.634. The SMILES string of the molecule is CCNC(=NCCS(=O)Cc1ccccc1)NC1CC=CC1. The summed E-state index contributed by atoms with van der Waals surface area (Å²) in [5.74, 6) is 2.02. The molecule has 0 spiro atoms. The lowest BCUT2D eigenvalue weighted by Gasteiger charge is -2.16. The van der Waals surface area contributed by atoms with Crippen molar-refractivity contribution in [2.75, 3.05) is 18.8 Å². The summed E-state index contributed by atoms with van der Waals surface area (Å²) in [7, 11) is -0.870. The number of nitrogens with zero attached hydrogens (tertiary/aromatic N) is 1. The summed E-state index contributed by atoms with van der Waals surface area (Å²) in [6, 6.07) is 10.4. The van der Waals surface area contributed by atoms with Crippen LogP contribution in [-0.4, -0.2) is 35.1 Å². The Labute approximate surface area is 135 Å². The molecule has 1 aromatic rings. The number of hydrogen-bond donors (Lipinski definition) is 2. The molecule has 2 rings (SSSR count). The van der Waals surface area contributed by atoms with Gasteiger partial charge in [0.2, 0.25) is 0 Å². The Morgan fingerprint density at radius 3 is 2.68 bits per heavy atom. The zero-order valence-electron chi connectivity index (χ0n) is 13.1. The van der Waals surface area contributed by atoms with Crippen molar-refractivity contribution >= 4 is 16.8 Å². The molecule has 0 bridgehead atoms. The van der Waals surface area contributed by atoms with Gasteiger partial charge in [0, 0.05) is 34.9 Å². The second-order valence-corrected chi connectivity index (χ2v) is 6.90. The largest absolute Gasteiger partial charge is 0.357 e. The first-order valence-corrected chi connectivity index (χ1v) is 9.35. The van der Waals surface area contributed by atoms with Gasteiger partial charge in [0.05, 0.1) is 6.54 Å². The third kappa shape index (κ3) is 6.02. The Kier molecular flexibility index (Phi) is 7.16. The fourth-order valence-electron chi connectivity index (χ4n) is 2.34. The predicted molar refractivity (Wildman–Crippen MR) is 94.4 cm³/mol. The van der Waals surface area contributed by atoms with E-state index in [0.29, 0.717) is 24.1 Å². The van der Waals surface area contributed by atoms with Gasteiger partial charge in [-0.1, -0.05) is 42.5 Å². The minimum Gasteiger partial charge on any atom is -0.357 e. The number of nitrogens with one attached hydrogen (secondary N) is 2. The molecule has 1 aliphatic rings. The standard InChI is InChI=1S/C17H25N3OS/c1-2-18-17(20-16-10-6-7-11-16)19-12-13-22(21)14-15-8-4-3-5-9-15/h3-9,16H,2,10-14H2,1H3,(H2,18,19,20). The van der Waals surface area contributed by atoms with Crippen LogP contribution in [0.1, 0.15) is 25.3 Å². The van der Waals surface area contributed by atoms with Crippen LogP contribution in [0.2, 0.25) is 0 Å². The van der Waals surface area contributed by atoms with Crippen LogP contribution >= 0.6 is 0 Å². The van der Waals surface area contributed by atoms with Crippen LogP contribution in [0.3, 0.4) is 0 Å². The molecule has 2 N–H and O–H groups in total. The van der Waals surface area contributed by atoms with Gasteiger partial charge in [0.15, 0.2) is 5.96 Å². The Bertz CT molecular complexity index is 520. The molecule has 0 saturated heterocycles. The number of aliphatic imine (C=N–C) groups is 1. The third-order valence-corrected chi connectivity index (χ3v) is 4.75. The summed E-state index contributed by atoms with van der Waals surface area (Å²) in [6.45, 7) is 3.46. The maximum Gasteiger partial charge on any atom is 0.191 e. The molecule has 0 fully saturated rings. The Balaban J connectivity index is 1.76. The fraction of sp³-hybridized carbons (Fsp3) is 0.471. The van der Waals surface area contributed by atoms with Crippen molar-refractivity contribution in [1.29, 1.82) is 0 Å². The summed E-state index contributed by atoms with van der Waals surface area (Å²) >= 11 is 0. The molecular formula is C17H25N3OS. The highest BCUT2D eigenvalue weighted by Gasteiger charge is 2.11. The lowest BCUT2D eigenvalue weighted by atomic mass is 10.2. The Morgan fingerprint density at radius 1 is 1.27 bits per heavy atom. The highest BCUT2D eigenvalue weighted by molar-refractivity contribution is 7.84. The van der Waals surface area contributed by atoms with Gasteiger partial charge in [-0.3, -0.25) is 9.20 Å². The van der Waals surface area contributed by atoms with E-state index in [-0.39, 0.29) is 0 Å². The van der Waals surface area contributed by atoms with Crippen molar-refractivity contribution in [2.45, 2.75) is 31.6 Å². The number of guanidine groups is 1. The first kappa shape index (κ1) is 16.7. The van der Waals surface area contributed by atoms with Gasteiger partial charge in [0.25, 0.3) is 0 Å². The molecule has 1 aromatic carbocycles. The first-order valence-electron chi connectivity index (χ1n) is 7.86. The van der Waals surface area contributed by atoms with Crippen molar-refractivity contribution < 1.29 is 4.21 Å². The van der Waals surface area contributed by atoms with Crippen LogP contribution in [0.25, 0.3) is 0 Å². The van der Waals surface area contributed by atoms with Crippen LogP contribution in [-0.2, 0) is 16.6 Å². The van der Waals surface area contributed by atoms with Gasteiger partial charge in [-0.15, -0.1) is 0 Å². The molecular weight excluding hydrogens is 294 g/mol. The minimum atomic E-state index is -0.870. The van der Waals surface area contributed by atoms with Gasteiger partial charge < -0.3 is 10.6 Å². The predicted octanol–water partition coefficient (Wildman–Crippen LogP) is 2.21. The second-order valence-electron chi connectivity index (χ2n) is 5.32. The van der Waals surface area contributed by atoms with Gasteiger partial charge in [0.1, 0.15) is 0 Å². The van der Waals surface area contributed by atoms with E-state index < -0.39 is 10.8 Å². The summed E-state index contributed by atoms with van der Waals surface area (Å²) in [5, 5.41) is 6.66. The molecule has 120 valence electrons. The van der Waals surface area contributed by atoms with E-state index in [0.717, 1.165) is 30.9 Å². The van der Waals surface area contributed by atoms with Gasteiger partial charge in [-0.25, -0.2) is 0 Å². The molecule has 22 heavy (non-hydrogen) atoms. The third-order valence-electron chi connectivity index (χ3n) is 3.45. The Morgan fingerprint density at radius 2 is 2.00 bits per heavy atom. The van der Waals surface area contributed by atoms with E-state index in [1.165, 1.54) is 0 Å². The zero-order valence-corrected chi connectivity index (χ0v) is 13.9. The van der Waals surface area contributed by atoms with Crippen molar-refractivity contribution in [3.05, 3.63) is 48.0 Å². The van der Waals surface area contributed by atoms with Gasteiger partial charge in [-0.05, 0) is 25.3 Å². The maximum atomic E-state index is 12.1. The summed E-state index contributed by atoms with van der Waals surface area (Å²) in [4.78, 5) is 4.53. The molecule has 1 unspecified atom stereocenters. The van der Waals surface area contributed by atoms with E-state index in [1.54, 1.807) is 0 Å². The summed E-state index contributed by atoms with van der Waals surface area (Å²) < 4.78 is 12.1. The van der Waals surface area contributed by atoms with Crippen molar-refractivity contribution in [3.63, 3.8) is 0 Å². The van der Waals surface area contributed by atoms with Crippen LogP contribution in [0.4, 0.5) is 0 Å². The minimum absolute atomic E-state index is 0.438. The molecule has 5 heteroatoms. The number of hydrogen-bond acceptors (Lipinski definition) is 2. The van der Waals surface area contributed by atoms with Crippen molar-refractivity contribution in [2.24, 2.45) is 4.99 Å². The highest BCUT2D eigenvalue weighted by atomic mass is 32.2. The van der Waals surface area contributed by atoms with Crippen LogP contribution < -0.4 is 10.6 Å². The van der Waals surface area contributed by atoms with E-state index in [1.807, 2.05) is 30.3 Å². The van der Waals surface area contributed by atoms with Gasteiger partial charge >= 0.3 is 0 Å². The molecule has 0 aliphatic heterocycles. The average molecular weight is 319 g/mol. The van der Waals surface area contributed by atoms with Gasteiger partial charge in [-0.2, -0.15) is 0 Å². The molecule has 4 nitrogen and oxygen atoms in total. The van der Waals surface area contributed by atoms with E-state index >= 15 is 0 Å². The zero-order chi connectivity index (χ0) is 15.6. The molecule has 1 aliphatic carbocycles. The average Bonchev–Trinajstić information content (AvgIpc) is 3.01. The topological polar surface area (TPSA) is 53.5 Å². The normalized spacial score (nSPS) is 16.7.